The number of H-pyrrole nitrogens is 1. The number of thiazole rings is 1. The zero-order valence-corrected chi connectivity index (χ0v) is 15.6. The highest BCUT2D eigenvalue weighted by Gasteiger charge is 2.14. The minimum absolute atomic E-state index is 0.120. The molecule has 0 aliphatic rings. The van der Waals surface area contributed by atoms with E-state index < -0.39 is 0 Å². The molecule has 2 aromatic heterocycles. The molecule has 0 radical (unpaired) electrons. The lowest BCUT2D eigenvalue weighted by Crippen LogP contribution is -2.19. The summed E-state index contributed by atoms with van der Waals surface area (Å²) < 4.78 is 6.47. The van der Waals surface area contributed by atoms with Crippen LogP contribution in [-0.4, -0.2) is 27.5 Å². The standard InChI is InChI=1S/C18H19N3O2S2/c1-3-7-12-14(20-18(21-17(12)22)24-11-23-4-2)10-16-19-13-8-5-6-9-15(13)25-16/h3,5-6,8-9H,1,4,7,10-11H2,2H3,(H,20,21,22). The first-order chi connectivity index (χ1) is 12.2. The van der Waals surface area contributed by atoms with Gasteiger partial charge in [-0.05, 0) is 25.5 Å². The van der Waals surface area contributed by atoms with Crippen molar-refractivity contribution in [1.29, 1.82) is 0 Å². The van der Waals surface area contributed by atoms with Crippen LogP contribution in [0.3, 0.4) is 0 Å². The Balaban J connectivity index is 1.93. The summed E-state index contributed by atoms with van der Waals surface area (Å²) in [5.41, 5.74) is 2.25. The van der Waals surface area contributed by atoms with E-state index in [0.717, 1.165) is 20.9 Å². The first-order valence-corrected chi connectivity index (χ1v) is 9.79. The van der Waals surface area contributed by atoms with E-state index in [9.17, 15) is 4.79 Å². The number of thioether (sulfide) groups is 1. The van der Waals surface area contributed by atoms with Gasteiger partial charge in [0.25, 0.3) is 5.56 Å². The number of allylic oxidation sites excluding steroid dienone is 1. The van der Waals surface area contributed by atoms with Crippen LogP contribution in [0.25, 0.3) is 10.2 Å². The molecule has 5 nitrogen and oxygen atoms in total. The molecule has 0 spiro atoms. The Morgan fingerprint density at radius 1 is 1.36 bits per heavy atom. The molecule has 1 aromatic carbocycles. The van der Waals surface area contributed by atoms with E-state index in [1.807, 2.05) is 25.1 Å². The van der Waals surface area contributed by atoms with Crippen LogP contribution in [0.1, 0.15) is 23.2 Å². The van der Waals surface area contributed by atoms with Crippen LogP contribution < -0.4 is 5.56 Å². The van der Waals surface area contributed by atoms with Crippen molar-refractivity contribution in [2.45, 2.75) is 24.9 Å². The van der Waals surface area contributed by atoms with Crippen LogP contribution in [0.15, 0.2) is 46.9 Å². The van der Waals surface area contributed by atoms with Gasteiger partial charge in [0, 0.05) is 18.6 Å². The summed E-state index contributed by atoms with van der Waals surface area (Å²) in [4.78, 5) is 24.5. The summed E-state index contributed by atoms with van der Waals surface area (Å²) in [5.74, 6) is 0.459. The Kier molecular flexibility index (Phi) is 6.01. The zero-order chi connectivity index (χ0) is 17.6. The average Bonchev–Trinajstić information content (AvgIpc) is 3.00. The van der Waals surface area contributed by atoms with Crippen molar-refractivity contribution < 1.29 is 4.74 Å². The molecule has 3 aromatic rings. The van der Waals surface area contributed by atoms with Crippen LogP contribution in [0, 0.1) is 0 Å². The predicted molar refractivity (Wildman–Crippen MR) is 104 cm³/mol. The summed E-state index contributed by atoms with van der Waals surface area (Å²) in [6.45, 7) is 6.31. The van der Waals surface area contributed by atoms with Gasteiger partial charge in [-0.1, -0.05) is 30.0 Å². The molecular weight excluding hydrogens is 354 g/mol. The molecule has 0 saturated heterocycles. The van der Waals surface area contributed by atoms with E-state index in [-0.39, 0.29) is 5.56 Å². The second kappa shape index (κ2) is 8.42. The van der Waals surface area contributed by atoms with E-state index in [1.54, 1.807) is 17.4 Å². The number of fused-ring (bicyclic) bond motifs is 1. The fourth-order valence-corrected chi connectivity index (χ4v) is 4.08. The molecular formula is C18H19N3O2S2. The molecule has 0 atom stereocenters. The second-order valence-electron chi connectivity index (χ2n) is 5.30. The van der Waals surface area contributed by atoms with Crippen molar-refractivity contribution in [3.8, 4) is 0 Å². The molecule has 130 valence electrons. The van der Waals surface area contributed by atoms with Crippen LogP contribution >= 0.6 is 23.1 Å². The number of nitrogens with one attached hydrogen (secondary N) is 1. The normalized spacial score (nSPS) is 11.1. The van der Waals surface area contributed by atoms with Gasteiger partial charge in [0.2, 0.25) is 0 Å². The number of hydrogen-bond donors (Lipinski definition) is 1. The van der Waals surface area contributed by atoms with Crippen molar-refractivity contribution in [2.75, 3.05) is 12.5 Å². The number of aromatic amines is 1. The first kappa shape index (κ1) is 17.8. The van der Waals surface area contributed by atoms with Gasteiger partial charge in [-0.3, -0.25) is 4.79 Å². The van der Waals surface area contributed by atoms with Crippen LogP contribution in [0.4, 0.5) is 0 Å². The molecule has 0 fully saturated rings. The second-order valence-corrected chi connectivity index (χ2v) is 7.32. The van der Waals surface area contributed by atoms with Crippen molar-refractivity contribution in [1.82, 2.24) is 15.0 Å². The Bertz CT molecular complexity index is 900. The number of hydrogen-bond acceptors (Lipinski definition) is 6. The molecule has 0 aliphatic carbocycles. The number of aromatic nitrogens is 3. The minimum atomic E-state index is -0.120. The minimum Gasteiger partial charge on any atom is -0.371 e. The topological polar surface area (TPSA) is 67.9 Å². The average molecular weight is 374 g/mol. The predicted octanol–water partition coefficient (Wildman–Crippen LogP) is 3.79. The van der Waals surface area contributed by atoms with Crippen molar-refractivity contribution in [2.24, 2.45) is 0 Å². The Hall–Kier alpha value is -1.96. The maximum Gasteiger partial charge on any atom is 0.255 e. The monoisotopic (exact) mass is 373 g/mol. The third-order valence-electron chi connectivity index (χ3n) is 3.57. The van der Waals surface area contributed by atoms with Crippen LogP contribution in [0.5, 0.6) is 0 Å². The molecule has 0 aliphatic heterocycles. The lowest BCUT2D eigenvalue weighted by atomic mass is 10.1. The SMILES string of the molecule is C=CCc1c(Cc2nc3ccccc3s2)nc(SCOCC)[nH]c1=O. The van der Waals surface area contributed by atoms with E-state index in [4.69, 9.17) is 4.74 Å². The summed E-state index contributed by atoms with van der Waals surface area (Å²) in [6.07, 6.45) is 2.74. The lowest BCUT2D eigenvalue weighted by molar-refractivity contribution is 0.199. The maximum absolute atomic E-state index is 12.4. The lowest BCUT2D eigenvalue weighted by Gasteiger charge is -2.08. The molecule has 2 heterocycles. The van der Waals surface area contributed by atoms with E-state index >= 15 is 0 Å². The number of benzene rings is 1. The molecule has 0 amide bonds. The summed E-state index contributed by atoms with van der Waals surface area (Å²) in [7, 11) is 0. The third-order valence-corrected chi connectivity index (χ3v) is 5.36. The van der Waals surface area contributed by atoms with Gasteiger partial charge in [0.1, 0.15) is 0 Å². The van der Waals surface area contributed by atoms with Crippen molar-refractivity contribution in [3.63, 3.8) is 0 Å². The molecule has 3 rings (SSSR count). The van der Waals surface area contributed by atoms with Gasteiger partial charge in [0.15, 0.2) is 5.16 Å². The summed E-state index contributed by atoms with van der Waals surface area (Å²) >= 11 is 3.02. The van der Waals surface area contributed by atoms with Gasteiger partial charge in [0.05, 0.1) is 26.9 Å². The van der Waals surface area contributed by atoms with Crippen LogP contribution in [-0.2, 0) is 17.6 Å². The fourth-order valence-electron chi connectivity index (χ4n) is 2.41. The van der Waals surface area contributed by atoms with Gasteiger partial charge in [-0.15, -0.1) is 17.9 Å². The zero-order valence-electron chi connectivity index (χ0n) is 13.9. The number of rotatable bonds is 8. The Morgan fingerprint density at radius 3 is 2.96 bits per heavy atom. The fraction of sp³-hybridized carbons (Fsp3) is 0.278. The van der Waals surface area contributed by atoms with Gasteiger partial charge >= 0.3 is 0 Å². The quantitative estimate of drug-likeness (QED) is 0.214. The number of para-hydroxylation sites is 1. The Morgan fingerprint density at radius 2 is 2.20 bits per heavy atom. The smallest absolute Gasteiger partial charge is 0.255 e. The highest BCUT2D eigenvalue weighted by atomic mass is 32.2. The van der Waals surface area contributed by atoms with Crippen molar-refractivity contribution in [3.05, 3.63) is 63.5 Å². The largest absolute Gasteiger partial charge is 0.371 e. The third kappa shape index (κ3) is 4.36. The summed E-state index contributed by atoms with van der Waals surface area (Å²) in [6, 6.07) is 8.02. The molecule has 1 N–H and O–H groups in total. The van der Waals surface area contributed by atoms with E-state index in [0.29, 0.717) is 36.1 Å². The van der Waals surface area contributed by atoms with Gasteiger partial charge in [-0.25, -0.2) is 9.97 Å². The molecule has 0 bridgehead atoms. The van der Waals surface area contributed by atoms with Gasteiger partial charge in [-0.2, -0.15) is 0 Å². The number of nitrogens with zero attached hydrogens (tertiary/aromatic N) is 2. The highest BCUT2D eigenvalue weighted by molar-refractivity contribution is 7.99. The van der Waals surface area contributed by atoms with Crippen LogP contribution in [0.2, 0.25) is 0 Å². The molecule has 25 heavy (non-hydrogen) atoms. The van der Waals surface area contributed by atoms with E-state index in [2.05, 4.69) is 27.6 Å². The number of ether oxygens (including phenoxy) is 1. The Labute approximate surface area is 154 Å². The van der Waals surface area contributed by atoms with Gasteiger partial charge < -0.3 is 9.72 Å². The highest BCUT2D eigenvalue weighted by Crippen LogP contribution is 2.24. The van der Waals surface area contributed by atoms with Crippen molar-refractivity contribution >= 4 is 33.3 Å². The van der Waals surface area contributed by atoms with E-state index in [1.165, 1.54) is 11.8 Å². The molecule has 0 saturated carbocycles. The summed E-state index contributed by atoms with van der Waals surface area (Å²) in [5, 5.41) is 1.52. The molecule has 7 heteroatoms. The maximum atomic E-state index is 12.4. The first-order valence-electron chi connectivity index (χ1n) is 7.99. The molecule has 0 unspecified atom stereocenters.